The van der Waals surface area contributed by atoms with Crippen molar-refractivity contribution in [3.05, 3.63) is 58.9 Å². The molecule has 6 nitrogen and oxygen atoms in total. The normalized spacial score (nSPS) is 20.6. The highest BCUT2D eigenvalue weighted by Crippen LogP contribution is 2.51. The number of nitrogens with one attached hydrogen (secondary N) is 1. The number of halogens is 3. The van der Waals surface area contributed by atoms with Gasteiger partial charge in [0.2, 0.25) is 5.67 Å². The van der Waals surface area contributed by atoms with Crippen molar-refractivity contribution in [1.82, 2.24) is 14.8 Å². The standard InChI is InChI=1S/C27H28F3N3O3/c1-14-9-17(5-6-18(14)28)33-19-10-16-12-31-32-23(16)22(29)21(19)20(24(33)26(2,3)13-36-4)15-7-8-27(30,11-15)25(34)35/h5-6,9-10,12,15H,7-8,11,13H2,1-4H3,(H,31,32)(H,34,35)/t15-,27+/m1/s1. The number of carboxylic acid groups (broad SMARTS) is 1. The number of carboxylic acids is 1. The molecule has 2 N–H and O–H groups in total. The van der Waals surface area contributed by atoms with Crippen LogP contribution in [-0.2, 0) is 14.9 Å². The molecule has 0 bridgehead atoms. The topological polar surface area (TPSA) is 80.1 Å². The molecule has 0 saturated heterocycles. The van der Waals surface area contributed by atoms with Crippen LogP contribution in [0.4, 0.5) is 13.2 Å². The number of aromatic amines is 1. The molecule has 9 heteroatoms. The summed E-state index contributed by atoms with van der Waals surface area (Å²) in [5.74, 6) is -2.95. The van der Waals surface area contributed by atoms with E-state index in [1.807, 2.05) is 18.4 Å². The summed E-state index contributed by atoms with van der Waals surface area (Å²) in [5.41, 5.74) is -0.0473. The Morgan fingerprint density at radius 2 is 2.08 bits per heavy atom. The van der Waals surface area contributed by atoms with Crippen LogP contribution in [0, 0.1) is 18.6 Å². The fourth-order valence-electron chi connectivity index (χ4n) is 5.80. The molecule has 5 rings (SSSR count). The van der Waals surface area contributed by atoms with Crippen molar-refractivity contribution in [3.8, 4) is 5.69 Å². The third-order valence-electron chi connectivity index (χ3n) is 7.44. The summed E-state index contributed by atoms with van der Waals surface area (Å²) in [6.45, 7) is 5.81. The van der Waals surface area contributed by atoms with Crippen LogP contribution in [0.1, 0.15) is 55.8 Å². The summed E-state index contributed by atoms with van der Waals surface area (Å²) < 4.78 is 53.1. The molecule has 0 radical (unpaired) electrons. The molecule has 4 aromatic rings. The van der Waals surface area contributed by atoms with Gasteiger partial charge in [-0.2, -0.15) is 5.10 Å². The SMILES string of the molecule is COCC(C)(C)c1c([C@@H]2CC[C@@](F)(C(=O)O)C2)c2c(F)c3[nH]ncc3cc2n1-c1ccc(F)c(C)c1. The van der Waals surface area contributed by atoms with E-state index in [2.05, 4.69) is 10.2 Å². The lowest BCUT2D eigenvalue weighted by Crippen LogP contribution is -2.31. The van der Waals surface area contributed by atoms with Gasteiger partial charge < -0.3 is 14.4 Å². The molecular weight excluding hydrogens is 471 g/mol. The van der Waals surface area contributed by atoms with Crippen molar-refractivity contribution in [3.63, 3.8) is 0 Å². The number of hydrogen-bond acceptors (Lipinski definition) is 3. The first-order chi connectivity index (χ1) is 17.0. The number of alkyl halides is 1. The van der Waals surface area contributed by atoms with Crippen LogP contribution in [-0.4, -0.2) is 45.2 Å². The highest BCUT2D eigenvalue weighted by molar-refractivity contribution is 6.00. The Labute approximate surface area is 206 Å². The molecular formula is C27H28F3N3O3. The summed E-state index contributed by atoms with van der Waals surface area (Å²) in [4.78, 5) is 11.7. The van der Waals surface area contributed by atoms with Crippen molar-refractivity contribution in [2.45, 2.75) is 57.0 Å². The maximum atomic E-state index is 16.2. The number of H-pyrrole nitrogens is 1. The predicted molar refractivity (Wildman–Crippen MR) is 131 cm³/mol. The summed E-state index contributed by atoms with van der Waals surface area (Å²) in [6, 6.07) is 6.48. The molecule has 190 valence electrons. The van der Waals surface area contributed by atoms with Crippen molar-refractivity contribution in [1.29, 1.82) is 0 Å². The first kappa shape index (κ1) is 24.4. The van der Waals surface area contributed by atoms with Crippen LogP contribution >= 0.6 is 0 Å². The number of hydrogen-bond donors (Lipinski definition) is 2. The molecule has 2 aromatic heterocycles. The van der Waals surface area contributed by atoms with Crippen molar-refractivity contribution in [2.24, 2.45) is 0 Å². The van der Waals surface area contributed by atoms with Crippen LogP contribution in [0.5, 0.6) is 0 Å². The molecule has 0 unspecified atom stereocenters. The molecule has 1 fully saturated rings. The third kappa shape index (κ3) is 3.59. The van der Waals surface area contributed by atoms with Gasteiger partial charge in [-0.05, 0) is 67.5 Å². The molecule has 0 aliphatic heterocycles. The van der Waals surface area contributed by atoms with Gasteiger partial charge in [-0.1, -0.05) is 13.8 Å². The molecule has 2 aromatic carbocycles. The Balaban J connectivity index is 1.93. The average Bonchev–Trinajstić information content (AvgIpc) is 3.52. The number of methoxy groups -OCH3 is 1. The minimum atomic E-state index is -2.39. The van der Waals surface area contributed by atoms with E-state index in [0.29, 0.717) is 33.4 Å². The van der Waals surface area contributed by atoms with E-state index in [-0.39, 0.29) is 42.6 Å². The van der Waals surface area contributed by atoms with Crippen molar-refractivity contribution >= 4 is 27.8 Å². The quantitative estimate of drug-likeness (QED) is 0.337. The Bertz CT molecular complexity index is 1510. The Hall–Kier alpha value is -3.33. The van der Waals surface area contributed by atoms with Crippen LogP contribution in [0.2, 0.25) is 0 Å². The molecule has 36 heavy (non-hydrogen) atoms. The fraction of sp³-hybridized carbons (Fsp3) is 0.407. The second kappa shape index (κ2) is 8.37. The zero-order valence-corrected chi connectivity index (χ0v) is 20.6. The number of carbonyl (C=O) groups is 1. The third-order valence-corrected chi connectivity index (χ3v) is 7.44. The van der Waals surface area contributed by atoms with Crippen molar-refractivity contribution < 1.29 is 27.8 Å². The summed E-state index contributed by atoms with van der Waals surface area (Å²) in [7, 11) is 1.57. The fourth-order valence-corrected chi connectivity index (χ4v) is 5.80. The lowest BCUT2D eigenvalue weighted by Gasteiger charge is -2.29. The maximum Gasteiger partial charge on any atom is 0.341 e. The largest absolute Gasteiger partial charge is 0.479 e. The molecule has 1 aliphatic rings. The molecule has 2 heterocycles. The summed E-state index contributed by atoms with van der Waals surface area (Å²) in [6.07, 6.45) is 1.35. The maximum absolute atomic E-state index is 16.2. The number of fused-ring (bicyclic) bond motifs is 2. The monoisotopic (exact) mass is 499 g/mol. The van der Waals surface area contributed by atoms with Gasteiger partial charge in [-0.3, -0.25) is 5.10 Å². The van der Waals surface area contributed by atoms with Crippen LogP contribution < -0.4 is 0 Å². The zero-order valence-electron chi connectivity index (χ0n) is 20.6. The summed E-state index contributed by atoms with van der Waals surface area (Å²) >= 11 is 0. The van der Waals surface area contributed by atoms with Gasteiger partial charge in [-0.15, -0.1) is 0 Å². The van der Waals surface area contributed by atoms with Crippen LogP contribution in [0.15, 0.2) is 30.5 Å². The Kier molecular flexibility index (Phi) is 5.66. The number of aryl methyl sites for hydroxylation is 1. The Morgan fingerprint density at radius 3 is 2.72 bits per heavy atom. The molecule has 0 spiro atoms. The van der Waals surface area contributed by atoms with E-state index in [1.54, 1.807) is 32.2 Å². The number of aliphatic carboxylic acids is 1. The van der Waals surface area contributed by atoms with E-state index in [0.717, 1.165) is 0 Å². The van der Waals surface area contributed by atoms with Gasteiger partial charge in [0.25, 0.3) is 0 Å². The molecule has 1 saturated carbocycles. The molecule has 2 atom stereocenters. The summed E-state index contributed by atoms with van der Waals surface area (Å²) in [5, 5.41) is 17.1. The number of ether oxygens (including phenoxy) is 1. The van der Waals surface area contributed by atoms with E-state index in [1.165, 1.54) is 12.3 Å². The smallest absolute Gasteiger partial charge is 0.341 e. The minimum absolute atomic E-state index is 0.159. The Morgan fingerprint density at radius 1 is 1.33 bits per heavy atom. The average molecular weight is 500 g/mol. The lowest BCUT2D eigenvalue weighted by molar-refractivity contribution is -0.150. The zero-order chi connectivity index (χ0) is 26.0. The van der Waals surface area contributed by atoms with Gasteiger partial charge in [0.05, 0.1) is 18.3 Å². The van der Waals surface area contributed by atoms with Gasteiger partial charge in [0, 0.05) is 34.7 Å². The molecule has 1 aliphatic carbocycles. The number of nitrogens with zero attached hydrogens (tertiary/aromatic N) is 2. The van der Waals surface area contributed by atoms with E-state index in [4.69, 9.17) is 4.74 Å². The van der Waals surface area contributed by atoms with Crippen LogP contribution in [0.25, 0.3) is 27.5 Å². The highest BCUT2D eigenvalue weighted by atomic mass is 19.1. The highest BCUT2D eigenvalue weighted by Gasteiger charge is 2.49. The first-order valence-electron chi connectivity index (χ1n) is 11.9. The molecule has 0 amide bonds. The van der Waals surface area contributed by atoms with E-state index < -0.39 is 28.8 Å². The second-order valence-electron chi connectivity index (χ2n) is 10.5. The first-order valence-corrected chi connectivity index (χ1v) is 11.9. The van der Waals surface area contributed by atoms with Gasteiger partial charge in [0.15, 0.2) is 5.82 Å². The number of aromatic nitrogens is 3. The second-order valence-corrected chi connectivity index (χ2v) is 10.5. The number of benzene rings is 2. The van der Waals surface area contributed by atoms with Gasteiger partial charge in [-0.25, -0.2) is 18.0 Å². The number of rotatable bonds is 6. The van der Waals surface area contributed by atoms with Gasteiger partial charge in [0.1, 0.15) is 11.3 Å². The van der Waals surface area contributed by atoms with Gasteiger partial charge >= 0.3 is 5.97 Å². The minimum Gasteiger partial charge on any atom is -0.479 e. The van der Waals surface area contributed by atoms with Crippen LogP contribution in [0.3, 0.4) is 0 Å². The van der Waals surface area contributed by atoms with E-state index in [9.17, 15) is 14.3 Å². The predicted octanol–water partition coefficient (Wildman–Crippen LogP) is 6.08. The van der Waals surface area contributed by atoms with E-state index >= 15 is 8.78 Å². The van der Waals surface area contributed by atoms with Crippen molar-refractivity contribution in [2.75, 3.05) is 13.7 Å². The lowest BCUT2D eigenvalue weighted by atomic mass is 9.81.